The van der Waals surface area contributed by atoms with Crippen molar-refractivity contribution in [2.75, 3.05) is 18.5 Å². The summed E-state index contributed by atoms with van der Waals surface area (Å²) in [6.07, 6.45) is 0. The van der Waals surface area contributed by atoms with Crippen LogP contribution in [-0.2, 0) is 4.79 Å². The van der Waals surface area contributed by atoms with Crippen LogP contribution in [-0.4, -0.2) is 29.7 Å². The second kappa shape index (κ2) is 5.75. The third-order valence-electron chi connectivity index (χ3n) is 2.25. The number of halogens is 1. The summed E-state index contributed by atoms with van der Waals surface area (Å²) in [5.41, 5.74) is 0.0418. The van der Waals surface area contributed by atoms with E-state index < -0.39 is 5.54 Å². The Kier molecular flexibility index (Phi) is 4.60. The van der Waals surface area contributed by atoms with Gasteiger partial charge in [0.15, 0.2) is 0 Å². The summed E-state index contributed by atoms with van der Waals surface area (Å²) in [6, 6.07) is 5.54. The maximum atomic E-state index is 12.6. The van der Waals surface area contributed by atoms with Gasteiger partial charge in [0.2, 0.25) is 5.91 Å². The van der Waals surface area contributed by atoms with Gasteiger partial charge in [-0.1, -0.05) is 0 Å². The number of aliphatic hydroxyl groups is 1. The molecule has 1 rings (SSSR count). The van der Waals surface area contributed by atoms with Crippen LogP contribution >= 0.6 is 0 Å². The predicted molar refractivity (Wildman–Crippen MR) is 64.2 cm³/mol. The highest BCUT2D eigenvalue weighted by Crippen LogP contribution is 2.08. The second-order valence-corrected chi connectivity index (χ2v) is 4.45. The summed E-state index contributed by atoms with van der Waals surface area (Å²) in [4.78, 5) is 11.5. The van der Waals surface area contributed by atoms with E-state index in [1.807, 2.05) is 0 Å². The van der Waals surface area contributed by atoms with Crippen LogP contribution < -0.4 is 10.6 Å². The SMILES string of the molecule is CC(C)(CO)NCC(=O)Nc1ccc(F)cc1. The fourth-order valence-corrected chi connectivity index (χ4v) is 1.11. The van der Waals surface area contributed by atoms with Gasteiger partial charge >= 0.3 is 0 Å². The average molecular weight is 240 g/mol. The first-order valence-electron chi connectivity index (χ1n) is 5.34. The largest absolute Gasteiger partial charge is 0.394 e. The minimum atomic E-state index is -0.500. The Morgan fingerprint density at radius 1 is 1.35 bits per heavy atom. The van der Waals surface area contributed by atoms with Crippen molar-refractivity contribution < 1.29 is 14.3 Å². The molecule has 0 unspecified atom stereocenters. The number of aliphatic hydroxyl groups excluding tert-OH is 1. The number of anilines is 1. The fraction of sp³-hybridized carbons (Fsp3) is 0.417. The highest BCUT2D eigenvalue weighted by molar-refractivity contribution is 5.92. The quantitative estimate of drug-likeness (QED) is 0.723. The number of benzene rings is 1. The minimum absolute atomic E-state index is 0.0587. The van der Waals surface area contributed by atoms with Crippen LogP contribution in [0.25, 0.3) is 0 Å². The zero-order chi connectivity index (χ0) is 12.9. The van der Waals surface area contributed by atoms with Crippen molar-refractivity contribution in [2.24, 2.45) is 0 Å². The van der Waals surface area contributed by atoms with Crippen LogP contribution in [0.1, 0.15) is 13.8 Å². The van der Waals surface area contributed by atoms with Crippen LogP contribution in [0.3, 0.4) is 0 Å². The van der Waals surface area contributed by atoms with E-state index in [0.29, 0.717) is 5.69 Å². The number of hydrogen-bond acceptors (Lipinski definition) is 3. The maximum absolute atomic E-state index is 12.6. The van der Waals surface area contributed by atoms with E-state index in [1.165, 1.54) is 24.3 Å². The average Bonchev–Trinajstić information content (AvgIpc) is 2.30. The first kappa shape index (κ1) is 13.6. The van der Waals surface area contributed by atoms with Crippen LogP contribution in [0.2, 0.25) is 0 Å². The molecule has 0 aliphatic carbocycles. The zero-order valence-corrected chi connectivity index (χ0v) is 9.96. The van der Waals surface area contributed by atoms with Gasteiger partial charge in [-0.15, -0.1) is 0 Å². The standard InChI is InChI=1S/C12H17FN2O2/c1-12(2,8-16)14-7-11(17)15-10-5-3-9(13)4-6-10/h3-6,14,16H,7-8H2,1-2H3,(H,15,17). The Balaban J connectivity index is 2.42. The Labute approximate surface area is 99.8 Å². The van der Waals surface area contributed by atoms with Crippen LogP contribution in [0.5, 0.6) is 0 Å². The predicted octanol–water partition coefficient (Wildman–Crippen LogP) is 1.12. The van der Waals surface area contributed by atoms with Crippen molar-refractivity contribution in [3.63, 3.8) is 0 Å². The molecule has 0 saturated heterocycles. The molecule has 17 heavy (non-hydrogen) atoms. The lowest BCUT2D eigenvalue weighted by atomic mass is 10.1. The molecule has 0 bridgehead atoms. The lowest BCUT2D eigenvalue weighted by molar-refractivity contribution is -0.115. The van der Waals surface area contributed by atoms with Crippen molar-refractivity contribution in [1.29, 1.82) is 0 Å². The van der Waals surface area contributed by atoms with Gasteiger partial charge in [-0.25, -0.2) is 4.39 Å². The summed E-state index contributed by atoms with van der Waals surface area (Å²) in [6.45, 7) is 3.61. The van der Waals surface area contributed by atoms with Crippen LogP contribution in [0, 0.1) is 5.82 Å². The van der Waals surface area contributed by atoms with Crippen LogP contribution in [0.15, 0.2) is 24.3 Å². The third-order valence-corrected chi connectivity index (χ3v) is 2.25. The van der Waals surface area contributed by atoms with Gasteiger partial charge in [-0.3, -0.25) is 4.79 Å². The van der Waals surface area contributed by atoms with Gasteiger partial charge in [0, 0.05) is 11.2 Å². The van der Waals surface area contributed by atoms with Crippen molar-refractivity contribution in [1.82, 2.24) is 5.32 Å². The smallest absolute Gasteiger partial charge is 0.238 e. The minimum Gasteiger partial charge on any atom is -0.394 e. The first-order chi connectivity index (χ1) is 7.93. The van der Waals surface area contributed by atoms with E-state index >= 15 is 0 Å². The van der Waals surface area contributed by atoms with Crippen molar-refractivity contribution in [3.8, 4) is 0 Å². The molecule has 5 heteroatoms. The summed E-state index contributed by atoms with van der Waals surface area (Å²) in [5.74, 6) is -0.583. The number of amides is 1. The Hall–Kier alpha value is -1.46. The van der Waals surface area contributed by atoms with Gasteiger partial charge in [-0.05, 0) is 38.1 Å². The molecular weight excluding hydrogens is 223 g/mol. The molecule has 3 N–H and O–H groups in total. The van der Waals surface area contributed by atoms with Gasteiger partial charge < -0.3 is 15.7 Å². The van der Waals surface area contributed by atoms with E-state index in [-0.39, 0.29) is 24.9 Å². The van der Waals surface area contributed by atoms with E-state index in [0.717, 1.165) is 0 Å². The Morgan fingerprint density at radius 3 is 2.47 bits per heavy atom. The molecule has 0 saturated carbocycles. The summed E-state index contributed by atoms with van der Waals surface area (Å²) >= 11 is 0. The molecule has 0 atom stereocenters. The molecular formula is C12H17FN2O2. The van der Waals surface area contributed by atoms with E-state index in [4.69, 9.17) is 5.11 Å². The Morgan fingerprint density at radius 2 is 1.94 bits per heavy atom. The highest BCUT2D eigenvalue weighted by atomic mass is 19.1. The fourth-order valence-electron chi connectivity index (χ4n) is 1.11. The van der Waals surface area contributed by atoms with Gasteiger partial charge in [0.05, 0.1) is 13.2 Å². The van der Waals surface area contributed by atoms with Gasteiger partial charge in [-0.2, -0.15) is 0 Å². The second-order valence-electron chi connectivity index (χ2n) is 4.45. The third kappa shape index (κ3) is 4.93. The Bertz CT molecular complexity index is 377. The number of carbonyl (C=O) groups excluding carboxylic acids is 1. The van der Waals surface area contributed by atoms with Crippen LogP contribution in [0.4, 0.5) is 10.1 Å². The lowest BCUT2D eigenvalue weighted by Gasteiger charge is -2.23. The molecule has 94 valence electrons. The van der Waals surface area contributed by atoms with E-state index in [2.05, 4.69) is 10.6 Å². The summed E-state index contributed by atoms with van der Waals surface area (Å²) < 4.78 is 12.6. The molecule has 0 aliphatic heterocycles. The molecule has 4 nitrogen and oxygen atoms in total. The molecule has 1 amide bonds. The van der Waals surface area contributed by atoms with Gasteiger partial charge in [0.25, 0.3) is 0 Å². The molecule has 0 fully saturated rings. The number of rotatable bonds is 5. The molecule has 0 heterocycles. The summed E-state index contributed by atoms with van der Waals surface area (Å²) in [5, 5.41) is 14.5. The monoisotopic (exact) mass is 240 g/mol. The number of carbonyl (C=O) groups is 1. The molecule has 0 aliphatic rings. The molecule has 0 radical (unpaired) electrons. The van der Waals surface area contributed by atoms with E-state index in [1.54, 1.807) is 13.8 Å². The molecule has 0 aromatic heterocycles. The molecule has 1 aromatic rings. The highest BCUT2D eigenvalue weighted by Gasteiger charge is 2.16. The lowest BCUT2D eigenvalue weighted by Crippen LogP contribution is -2.46. The number of nitrogens with one attached hydrogen (secondary N) is 2. The van der Waals surface area contributed by atoms with Crippen molar-refractivity contribution in [2.45, 2.75) is 19.4 Å². The zero-order valence-electron chi connectivity index (χ0n) is 9.96. The molecule has 1 aromatic carbocycles. The first-order valence-corrected chi connectivity index (χ1v) is 5.34. The number of hydrogen-bond donors (Lipinski definition) is 3. The summed E-state index contributed by atoms with van der Waals surface area (Å²) in [7, 11) is 0. The normalized spacial score (nSPS) is 11.3. The van der Waals surface area contributed by atoms with Crippen molar-refractivity contribution in [3.05, 3.63) is 30.1 Å². The van der Waals surface area contributed by atoms with Gasteiger partial charge in [0.1, 0.15) is 5.82 Å². The topological polar surface area (TPSA) is 61.4 Å². The van der Waals surface area contributed by atoms with E-state index in [9.17, 15) is 9.18 Å². The van der Waals surface area contributed by atoms with Crippen molar-refractivity contribution >= 4 is 11.6 Å². The maximum Gasteiger partial charge on any atom is 0.238 e. The molecule has 0 spiro atoms.